The van der Waals surface area contributed by atoms with Gasteiger partial charge in [0.25, 0.3) is 0 Å². The Morgan fingerprint density at radius 2 is 1.29 bits per heavy atom. The zero-order valence-corrected chi connectivity index (χ0v) is 10.3. The summed E-state index contributed by atoms with van der Waals surface area (Å²) in [6, 6.07) is 0. The Hall–Kier alpha value is -0.0800. The first-order chi connectivity index (χ1) is 6.31. The van der Waals surface area contributed by atoms with Gasteiger partial charge in [0.2, 0.25) is 0 Å². The van der Waals surface area contributed by atoms with Crippen LogP contribution in [0.1, 0.15) is 58.8 Å². The summed E-state index contributed by atoms with van der Waals surface area (Å²) in [6.45, 7) is 7.10. The predicted octanol–water partition coefficient (Wildman–Crippen LogP) is 2.86. The largest absolute Gasteiger partial charge is 0.412 e. The van der Waals surface area contributed by atoms with Crippen LogP contribution >= 0.6 is 0 Å². The number of likely N-dealkylation sites (tertiary alicyclic amines) is 1. The van der Waals surface area contributed by atoms with Gasteiger partial charge in [-0.2, -0.15) is 0 Å². The van der Waals surface area contributed by atoms with Crippen molar-refractivity contribution in [2.45, 2.75) is 58.8 Å². The standard InChI is InChI=1S/C6H13N.C6H14.H2O/c1-7-5-3-2-4-6-7;1-3-5-6-4-2;/h2-6H2,1H3;3-6H2,1-2H3;1H2. The smallest absolute Gasteiger partial charge is 0.00218 e. The molecule has 0 atom stereocenters. The minimum absolute atomic E-state index is 0. The second-order valence-electron chi connectivity index (χ2n) is 4.07. The van der Waals surface area contributed by atoms with Crippen LogP contribution in [0.25, 0.3) is 0 Å². The molecule has 0 aliphatic carbocycles. The summed E-state index contributed by atoms with van der Waals surface area (Å²) in [6.07, 6.45) is 9.81. The molecule has 14 heavy (non-hydrogen) atoms. The Kier molecular flexibility index (Phi) is 15.1. The number of nitrogens with zero attached hydrogens (tertiary/aromatic N) is 1. The molecule has 0 aromatic carbocycles. The number of hydrogen-bond donors (Lipinski definition) is 0. The second kappa shape index (κ2) is 12.9. The van der Waals surface area contributed by atoms with Gasteiger partial charge in [0.15, 0.2) is 0 Å². The minimum atomic E-state index is 0. The van der Waals surface area contributed by atoms with E-state index >= 15 is 0 Å². The van der Waals surface area contributed by atoms with E-state index in [2.05, 4.69) is 25.8 Å². The lowest BCUT2D eigenvalue weighted by Gasteiger charge is -2.20. The van der Waals surface area contributed by atoms with Crippen molar-refractivity contribution in [2.24, 2.45) is 0 Å². The van der Waals surface area contributed by atoms with Gasteiger partial charge >= 0.3 is 0 Å². The monoisotopic (exact) mass is 203 g/mol. The summed E-state index contributed by atoms with van der Waals surface area (Å²) >= 11 is 0. The molecule has 0 radical (unpaired) electrons. The molecule has 1 fully saturated rings. The first-order valence-electron chi connectivity index (χ1n) is 5.99. The molecule has 0 aromatic heterocycles. The van der Waals surface area contributed by atoms with E-state index in [0.29, 0.717) is 0 Å². The van der Waals surface area contributed by atoms with Gasteiger partial charge in [-0.3, -0.25) is 0 Å². The highest BCUT2D eigenvalue weighted by molar-refractivity contribution is 4.58. The van der Waals surface area contributed by atoms with Crippen LogP contribution in [0.3, 0.4) is 0 Å². The molecule has 2 N–H and O–H groups in total. The van der Waals surface area contributed by atoms with E-state index in [4.69, 9.17) is 0 Å². The van der Waals surface area contributed by atoms with Crippen LogP contribution in [-0.4, -0.2) is 30.5 Å². The summed E-state index contributed by atoms with van der Waals surface area (Å²) in [5, 5.41) is 0. The lowest BCUT2D eigenvalue weighted by molar-refractivity contribution is 0.277. The van der Waals surface area contributed by atoms with Gasteiger partial charge in [-0.1, -0.05) is 46.0 Å². The van der Waals surface area contributed by atoms with Crippen molar-refractivity contribution in [2.75, 3.05) is 20.1 Å². The van der Waals surface area contributed by atoms with Crippen LogP contribution in [0, 0.1) is 0 Å². The van der Waals surface area contributed by atoms with Crippen LogP contribution < -0.4 is 0 Å². The van der Waals surface area contributed by atoms with E-state index in [1.54, 1.807) is 0 Å². The van der Waals surface area contributed by atoms with Gasteiger partial charge in [-0.25, -0.2) is 0 Å². The molecular formula is C12H29NO. The Balaban J connectivity index is 0. The van der Waals surface area contributed by atoms with Gasteiger partial charge in [0.1, 0.15) is 0 Å². The summed E-state index contributed by atoms with van der Waals surface area (Å²) in [5.41, 5.74) is 0. The highest BCUT2D eigenvalue weighted by Gasteiger charge is 2.02. The number of piperidine rings is 1. The first kappa shape index (κ1) is 16.4. The van der Waals surface area contributed by atoms with Crippen molar-refractivity contribution in [3.8, 4) is 0 Å². The molecule has 0 saturated carbocycles. The fraction of sp³-hybridized carbons (Fsp3) is 1.00. The van der Waals surface area contributed by atoms with E-state index in [1.807, 2.05) is 0 Å². The maximum atomic E-state index is 2.39. The molecular weight excluding hydrogens is 174 g/mol. The quantitative estimate of drug-likeness (QED) is 0.649. The third kappa shape index (κ3) is 11.9. The SMILES string of the molecule is CCCCCC.CN1CCCCC1.O. The van der Waals surface area contributed by atoms with Crippen molar-refractivity contribution in [1.29, 1.82) is 0 Å². The predicted molar refractivity (Wildman–Crippen MR) is 64.8 cm³/mol. The minimum Gasteiger partial charge on any atom is -0.412 e. The van der Waals surface area contributed by atoms with Crippen molar-refractivity contribution in [3.63, 3.8) is 0 Å². The van der Waals surface area contributed by atoms with Crippen LogP contribution in [-0.2, 0) is 0 Å². The van der Waals surface area contributed by atoms with Crippen molar-refractivity contribution in [1.82, 2.24) is 4.90 Å². The highest BCUT2D eigenvalue weighted by Crippen LogP contribution is 2.04. The van der Waals surface area contributed by atoms with Crippen LogP contribution in [0.2, 0.25) is 0 Å². The molecule has 0 bridgehead atoms. The Bertz CT molecular complexity index is 86.3. The van der Waals surface area contributed by atoms with E-state index in [9.17, 15) is 0 Å². The molecule has 1 rings (SSSR count). The molecule has 2 heteroatoms. The van der Waals surface area contributed by atoms with E-state index in [-0.39, 0.29) is 5.48 Å². The average molecular weight is 203 g/mol. The van der Waals surface area contributed by atoms with E-state index in [1.165, 1.54) is 58.0 Å². The van der Waals surface area contributed by atoms with Crippen molar-refractivity contribution < 1.29 is 5.48 Å². The zero-order valence-electron chi connectivity index (χ0n) is 10.3. The number of unbranched alkanes of at least 4 members (excludes halogenated alkanes) is 3. The Morgan fingerprint density at radius 3 is 1.50 bits per heavy atom. The summed E-state index contributed by atoms with van der Waals surface area (Å²) in [7, 11) is 2.19. The van der Waals surface area contributed by atoms with E-state index in [0.717, 1.165) is 0 Å². The topological polar surface area (TPSA) is 34.7 Å². The maximum absolute atomic E-state index is 2.39. The van der Waals surface area contributed by atoms with Gasteiger partial charge in [0, 0.05) is 0 Å². The van der Waals surface area contributed by atoms with Gasteiger partial charge < -0.3 is 10.4 Å². The first-order valence-corrected chi connectivity index (χ1v) is 5.99. The molecule has 0 aromatic rings. The van der Waals surface area contributed by atoms with Gasteiger partial charge in [-0.15, -0.1) is 0 Å². The molecule has 1 aliphatic heterocycles. The van der Waals surface area contributed by atoms with Crippen LogP contribution in [0.15, 0.2) is 0 Å². The number of hydrogen-bond acceptors (Lipinski definition) is 1. The normalized spacial score (nSPS) is 16.5. The molecule has 1 aliphatic rings. The summed E-state index contributed by atoms with van der Waals surface area (Å²) in [5.74, 6) is 0. The fourth-order valence-electron chi connectivity index (χ4n) is 1.55. The van der Waals surface area contributed by atoms with Crippen LogP contribution in [0.5, 0.6) is 0 Å². The van der Waals surface area contributed by atoms with Gasteiger partial charge in [-0.05, 0) is 33.0 Å². The fourth-order valence-corrected chi connectivity index (χ4v) is 1.55. The average Bonchev–Trinajstić information content (AvgIpc) is 2.17. The third-order valence-electron chi connectivity index (χ3n) is 2.54. The van der Waals surface area contributed by atoms with Crippen molar-refractivity contribution >= 4 is 0 Å². The highest BCUT2D eigenvalue weighted by atomic mass is 16.0. The lowest BCUT2D eigenvalue weighted by atomic mass is 10.1. The lowest BCUT2D eigenvalue weighted by Crippen LogP contribution is -2.24. The summed E-state index contributed by atoms with van der Waals surface area (Å²) in [4.78, 5) is 2.39. The summed E-state index contributed by atoms with van der Waals surface area (Å²) < 4.78 is 0. The molecule has 88 valence electrons. The molecule has 0 spiro atoms. The Morgan fingerprint density at radius 1 is 0.857 bits per heavy atom. The second-order valence-corrected chi connectivity index (χ2v) is 4.07. The Labute approximate surface area is 90.0 Å². The number of rotatable bonds is 3. The molecule has 1 saturated heterocycles. The maximum Gasteiger partial charge on any atom is -0.00218 e. The van der Waals surface area contributed by atoms with Crippen LogP contribution in [0.4, 0.5) is 0 Å². The third-order valence-corrected chi connectivity index (χ3v) is 2.54. The molecule has 0 unspecified atom stereocenters. The van der Waals surface area contributed by atoms with E-state index < -0.39 is 0 Å². The molecule has 0 amide bonds. The molecule has 1 heterocycles. The van der Waals surface area contributed by atoms with Crippen molar-refractivity contribution in [3.05, 3.63) is 0 Å². The molecule has 2 nitrogen and oxygen atoms in total. The zero-order chi connectivity index (χ0) is 9.94. The van der Waals surface area contributed by atoms with Gasteiger partial charge in [0.05, 0.1) is 0 Å².